The molecule has 1 N–H and O–H groups in total. The Morgan fingerprint density at radius 2 is 2.06 bits per heavy atom. The Balaban J connectivity index is 2.15. The van der Waals surface area contributed by atoms with Crippen molar-refractivity contribution in [2.45, 2.75) is 18.6 Å². The zero-order chi connectivity index (χ0) is 13.2. The van der Waals surface area contributed by atoms with Gasteiger partial charge < -0.3 is 14.8 Å². The maximum atomic E-state index is 5.34. The van der Waals surface area contributed by atoms with Crippen molar-refractivity contribution in [3.05, 3.63) is 18.2 Å². The fraction of sp³-hybridized carbons (Fsp3) is 0.462. The SMILES string of the molecule is COc1ccc(NC2=NCC(C)(C)S2)c(OC)c1. The van der Waals surface area contributed by atoms with Crippen LogP contribution in [0.5, 0.6) is 11.5 Å². The Morgan fingerprint density at radius 1 is 1.28 bits per heavy atom. The molecule has 0 aliphatic carbocycles. The van der Waals surface area contributed by atoms with E-state index >= 15 is 0 Å². The maximum Gasteiger partial charge on any atom is 0.161 e. The second-order valence-electron chi connectivity index (χ2n) is 4.67. The summed E-state index contributed by atoms with van der Waals surface area (Å²) >= 11 is 1.74. The largest absolute Gasteiger partial charge is 0.497 e. The summed E-state index contributed by atoms with van der Waals surface area (Å²) in [6.07, 6.45) is 0. The van der Waals surface area contributed by atoms with Gasteiger partial charge >= 0.3 is 0 Å². The van der Waals surface area contributed by atoms with Crippen molar-refractivity contribution >= 4 is 22.6 Å². The van der Waals surface area contributed by atoms with E-state index in [-0.39, 0.29) is 4.75 Å². The van der Waals surface area contributed by atoms with Crippen LogP contribution in [0.1, 0.15) is 13.8 Å². The van der Waals surface area contributed by atoms with E-state index in [9.17, 15) is 0 Å². The average molecular weight is 266 g/mol. The molecule has 0 saturated heterocycles. The van der Waals surface area contributed by atoms with E-state index in [0.717, 1.165) is 28.9 Å². The number of benzene rings is 1. The van der Waals surface area contributed by atoms with Gasteiger partial charge in [0.05, 0.1) is 26.5 Å². The first-order valence-electron chi connectivity index (χ1n) is 5.76. The van der Waals surface area contributed by atoms with E-state index in [1.54, 1.807) is 26.0 Å². The number of nitrogens with one attached hydrogen (secondary N) is 1. The van der Waals surface area contributed by atoms with Crippen molar-refractivity contribution < 1.29 is 9.47 Å². The molecule has 2 rings (SSSR count). The third-order valence-corrected chi connectivity index (χ3v) is 3.73. The van der Waals surface area contributed by atoms with Crippen LogP contribution in [0.2, 0.25) is 0 Å². The van der Waals surface area contributed by atoms with Gasteiger partial charge in [0.15, 0.2) is 5.17 Å². The van der Waals surface area contributed by atoms with Crippen LogP contribution in [0.4, 0.5) is 5.69 Å². The van der Waals surface area contributed by atoms with Crippen molar-refractivity contribution in [2.75, 3.05) is 26.1 Å². The highest BCUT2D eigenvalue weighted by Crippen LogP contribution is 2.35. The predicted octanol–water partition coefficient (Wildman–Crippen LogP) is 3.00. The Morgan fingerprint density at radius 3 is 2.61 bits per heavy atom. The molecule has 1 aliphatic heterocycles. The topological polar surface area (TPSA) is 42.8 Å². The number of aliphatic imine (C=N–C) groups is 1. The molecule has 0 fully saturated rings. The molecule has 1 aromatic rings. The lowest BCUT2D eigenvalue weighted by Crippen LogP contribution is -2.16. The zero-order valence-corrected chi connectivity index (χ0v) is 11.9. The lowest BCUT2D eigenvalue weighted by atomic mass is 10.2. The average Bonchev–Trinajstić information content (AvgIpc) is 2.69. The molecule has 98 valence electrons. The van der Waals surface area contributed by atoms with Gasteiger partial charge in [0.25, 0.3) is 0 Å². The predicted molar refractivity (Wildman–Crippen MR) is 77.1 cm³/mol. The molecule has 0 atom stereocenters. The highest BCUT2D eigenvalue weighted by molar-refractivity contribution is 8.15. The van der Waals surface area contributed by atoms with E-state index in [0.29, 0.717) is 0 Å². The van der Waals surface area contributed by atoms with Crippen LogP contribution in [0.25, 0.3) is 0 Å². The van der Waals surface area contributed by atoms with Gasteiger partial charge in [0.1, 0.15) is 11.5 Å². The van der Waals surface area contributed by atoms with Gasteiger partial charge in [-0.2, -0.15) is 0 Å². The number of anilines is 1. The lowest BCUT2D eigenvalue weighted by molar-refractivity contribution is 0.395. The first-order chi connectivity index (χ1) is 8.54. The standard InChI is InChI=1S/C13H18N2O2S/c1-13(2)8-14-12(18-13)15-10-6-5-9(16-3)7-11(10)17-4/h5-7H,8H2,1-4H3,(H,14,15). The molecule has 0 unspecified atom stereocenters. The number of methoxy groups -OCH3 is 2. The Kier molecular flexibility index (Phi) is 3.71. The van der Waals surface area contributed by atoms with Crippen molar-refractivity contribution in [2.24, 2.45) is 4.99 Å². The summed E-state index contributed by atoms with van der Waals surface area (Å²) in [5, 5.41) is 4.23. The lowest BCUT2D eigenvalue weighted by Gasteiger charge is -2.15. The van der Waals surface area contributed by atoms with Crippen LogP contribution >= 0.6 is 11.8 Å². The molecule has 5 heteroatoms. The minimum atomic E-state index is 0.169. The third kappa shape index (κ3) is 2.90. The monoisotopic (exact) mass is 266 g/mol. The van der Waals surface area contributed by atoms with E-state index in [1.165, 1.54) is 0 Å². The number of amidine groups is 1. The Bertz CT molecular complexity index is 472. The number of ether oxygens (including phenoxy) is 2. The molecule has 0 amide bonds. The van der Waals surface area contributed by atoms with Crippen molar-refractivity contribution in [1.82, 2.24) is 0 Å². The number of hydrogen-bond donors (Lipinski definition) is 1. The minimum Gasteiger partial charge on any atom is -0.497 e. The van der Waals surface area contributed by atoms with E-state index in [2.05, 4.69) is 24.2 Å². The first-order valence-corrected chi connectivity index (χ1v) is 6.58. The van der Waals surface area contributed by atoms with E-state index in [4.69, 9.17) is 9.47 Å². The van der Waals surface area contributed by atoms with Gasteiger partial charge in [-0.3, -0.25) is 4.99 Å². The summed E-state index contributed by atoms with van der Waals surface area (Å²) in [4.78, 5) is 4.48. The van der Waals surface area contributed by atoms with Crippen LogP contribution in [-0.4, -0.2) is 30.7 Å². The molecule has 4 nitrogen and oxygen atoms in total. The molecule has 0 saturated carbocycles. The van der Waals surface area contributed by atoms with Crippen molar-refractivity contribution in [1.29, 1.82) is 0 Å². The van der Waals surface area contributed by atoms with Gasteiger partial charge in [-0.15, -0.1) is 0 Å². The number of hydrogen-bond acceptors (Lipinski definition) is 5. The van der Waals surface area contributed by atoms with E-state index < -0.39 is 0 Å². The van der Waals surface area contributed by atoms with Gasteiger partial charge in [-0.05, 0) is 26.0 Å². The van der Waals surface area contributed by atoms with Crippen LogP contribution < -0.4 is 14.8 Å². The molecule has 1 heterocycles. The number of nitrogens with zero attached hydrogens (tertiary/aromatic N) is 1. The smallest absolute Gasteiger partial charge is 0.161 e. The summed E-state index contributed by atoms with van der Waals surface area (Å²) in [7, 11) is 3.29. The van der Waals surface area contributed by atoms with Crippen LogP contribution in [0, 0.1) is 0 Å². The molecule has 1 aromatic carbocycles. The molecule has 0 radical (unpaired) electrons. The van der Waals surface area contributed by atoms with Crippen LogP contribution in [-0.2, 0) is 0 Å². The van der Waals surface area contributed by atoms with E-state index in [1.807, 2.05) is 18.2 Å². The zero-order valence-electron chi connectivity index (χ0n) is 11.1. The van der Waals surface area contributed by atoms with Crippen molar-refractivity contribution in [3.63, 3.8) is 0 Å². The van der Waals surface area contributed by atoms with Gasteiger partial charge in [-0.25, -0.2) is 0 Å². The molecular weight excluding hydrogens is 248 g/mol. The number of rotatable bonds is 3. The van der Waals surface area contributed by atoms with Crippen molar-refractivity contribution in [3.8, 4) is 11.5 Å². The Labute approximate surface area is 112 Å². The summed E-state index contributed by atoms with van der Waals surface area (Å²) in [5.41, 5.74) is 0.905. The fourth-order valence-electron chi connectivity index (χ4n) is 1.67. The second-order valence-corrected chi connectivity index (χ2v) is 6.37. The highest BCUT2D eigenvalue weighted by atomic mass is 32.2. The molecule has 18 heavy (non-hydrogen) atoms. The Hall–Kier alpha value is -1.36. The molecule has 0 aromatic heterocycles. The summed E-state index contributed by atoms with van der Waals surface area (Å²) in [5.74, 6) is 1.53. The molecule has 0 spiro atoms. The summed E-state index contributed by atoms with van der Waals surface area (Å²) < 4.78 is 10.7. The van der Waals surface area contributed by atoms with Gasteiger partial charge in [0, 0.05) is 10.8 Å². The summed E-state index contributed by atoms with van der Waals surface area (Å²) in [6.45, 7) is 5.20. The highest BCUT2D eigenvalue weighted by Gasteiger charge is 2.27. The minimum absolute atomic E-state index is 0.169. The maximum absolute atomic E-state index is 5.34. The normalized spacial score (nSPS) is 17.2. The first kappa shape index (κ1) is 13.1. The third-order valence-electron chi connectivity index (χ3n) is 2.63. The molecular formula is C13H18N2O2S. The second kappa shape index (κ2) is 5.10. The molecule has 0 bridgehead atoms. The fourth-order valence-corrected chi connectivity index (χ4v) is 2.61. The van der Waals surface area contributed by atoms with Crippen LogP contribution in [0.15, 0.2) is 23.2 Å². The quantitative estimate of drug-likeness (QED) is 0.913. The summed E-state index contributed by atoms with van der Waals surface area (Å²) in [6, 6.07) is 5.69. The van der Waals surface area contributed by atoms with Gasteiger partial charge in [-0.1, -0.05) is 11.8 Å². The van der Waals surface area contributed by atoms with Gasteiger partial charge in [0.2, 0.25) is 0 Å². The molecule has 1 aliphatic rings. The number of thioether (sulfide) groups is 1. The van der Waals surface area contributed by atoms with Crippen LogP contribution in [0.3, 0.4) is 0 Å².